The zero-order valence-corrected chi connectivity index (χ0v) is 8.63. The molecule has 16 heavy (non-hydrogen) atoms. The maximum Gasteiger partial charge on any atom is 0.257 e. The number of amides is 1. The maximum absolute atomic E-state index is 13.4. The van der Waals surface area contributed by atoms with Gasteiger partial charge >= 0.3 is 0 Å². The Labute approximate surface area is 91.8 Å². The third kappa shape index (κ3) is 2.28. The minimum Gasteiger partial charge on any atom is -0.396 e. The number of carbonyl (C=O) groups excluding carboxylic acids is 1. The van der Waals surface area contributed by atoms with E-state index in [1.54, 1.807) is 0 Å². The van der Waals surface area contributed by atoms with Crippen molar-refractivity contribution < 1.29 is 13.6 Å². The van der Waals surface area contributed by atoms with Crippen molar-refractivity contribution in [2.45, 2.75) is 0 Å². The monoisotopic (exact) mass is 224 g/mol. The Balaban J connectivity index is 3.14. The van der Waals surface area contributed by atoms with Crippen LogP contribution in [0.3, 0.4) is 0 Å². The molecule has 0 saturated heterocycles. The van der Waals surface area contributed by atoms with Gasteiger partial charge < -0.3 is 10.6 Å². The van der Waals surface area contributed by atoms with E-state index in [-0.39, 0.29) is 6.54 Å². The molecule has 0 aromatic heterocycles. The predicted octanol–water partition coefficient (Wildman–Crippen LogP) is 1.25. The molecule has 1 amide bonds. The molecule has 0 fully saturated rings. The SMILES string of the molecule is C#CCN(C)C(=O)c1cc(F)cc(N)c1F. The number of terminal acetylenes is 1. The number of hydrogen-bond acceptors (Lipinski definition) is 2. The molecule has 0 unspecified atom stereocenters. The van der Waals surface area contributed by atoms with Gasteiger partial charge in [-0.15, -0.1) is 6.42 Å². The first-order valence-electron chi connectivity index (χ1n) is 4.40. The van der Waals surface area contributed by atoms with Crippen LogP contribution in [0.15, 0.2) is 12.1 Å². The van der Waals surface area contributed by atoms with Crippen LogP contribution in [0.5, 0.6) is 0 Å². The molecule has 0 radical (unpaired) electrons. The minimum absolute atomic E-state index is 0.00862. The van der Waals surface area contributed by atoms with Gasteiger partial charge in [0.2, 0.25) is 0 Å². The fraction of sp³-hybridized carbons (Fsp3) is 0.182. The van der Waals surface area contributed by atoms with Gasteiger partial charge in [0.25, 0.3) is 5.91 Å². The minimum atomic E-state index is -0.935. The Morgan fingerprint density at radius 1 is 1.56 bits per heavy atom. The second kappa shape index (κ2) is 4.62. The van der Waals surface area contributed by atoms with Crippen molar-refractivity contribution in [1.82, 2.24) is 4.90 Å². The second-order valence-corrected chi connectivity index (χ2v) is 3.22. The Morgan fingerprint density at radius 2 is 2.19 bits per heavy atom. The van der Waals surface area contributed by atoms with Crippen LogP contribution < -0.4 is 5.73 Å². The summed E-state index contributed by atoms with van der Waals surface area (Å²) < 4.78 is 26.4. The van der Waals surface area contributed by atoms with Crippen molar-refractivity contribution in [3.8, 4) is 12.3 Å². The molecule has 84 valence electrons. The number of rotatable bonds is 2. The van der Waals surface area contributed by atoms with E-state index in [9.17, 15) is 13.6 Å². The molecular weight excluding hydrogens is 214 g/mol. The van der Waals surface area contributed by atoms with Gasteiger partial charge in [-0.05, 0) is 12.1 Å². The molecule has 0 bridgehead atoms. The lowest BCUT2D eigenvalue weighted by Gasteiger charge is -2.14. The van der Waals surface area contributed by atoms with Gasteiger partial charge in [-0.25, -0.2) is 8.78 Å². The van der Waals surface area contributed by atoms with Crippen LogP contribution in [0.2, 0.25) is 0 Å². The Hall–Kier alpha value is -2.09. The second-order valence-electron chi connectivity index (χ2n) is 3.22. The van der Waals surface area contributed by atoms with E-state index in [0.717, 1.165) is 17.0 Å². The van der Waals surface area contributed by atoms with E-state index < -0.39 is 28.8 Å². The number of nitrogen functional groups attached to an aromatic ring is 1. The average Bonchev–Trinajstić information content (AvgIpc) is 2.22. The molecule has 0 spiro atoms. The maximum atomic E-state index is 13.4. The van der Waals surface area contributed by atoms with Crippen LogP contribution in [-0.2, 0) is 0 Å². The van der Waals surface area contributed by atoms with Crippen LogP contribution in [0.4, 0.5) is 14.5 Å². The van der Waals surface area contributed by atoms with Gasteiger partial charge in [0.05, 0.1) is 17.8 Å². The molecule has 0 aliphatic rings. The Morgan fingerprint density at radius 3 is 2.75 bits per heavy atom. The molecule has 1 aromatic rings. The van der Waals surface area contributed by atoms with E-state index in [4.69, 9.17) is 12.2 Å². The summed E-state index contributed by atoms with van der Waals surface area (Å²) in [7, 11) is 1.39. The van der Waals surface area contributed by atoms with Crippen LogP contribution in [0, 0.1) is 24.0 Å². The molecule has 2 N–H and O–H groups in total. The summed E-state index contributed by atoms with van der Waals surface area (Å²) in [6, 6.07) is 1.61. The van der Waals surface area contributed by atoms with Gasteiger partial charge in [-0.2, -0.15) is 0 Å². The van der Waals surface area contributed by atoms with Crippen LogP contribution in [0.1, 0.15) is 10.4 Å². The summed E-state index contributed by atoms with van der Waals surface area (Å²) in [6.07, 6.45) is 5.01. The van der Waals surface area contributed by atoms with Crippen molar-refractivity contribution in [3.05, 3.63) is 29.3 Å². The standard InChI is InChI=1S/C11H10F2N2O/c1-3-4-15(2)11(16)8-5-7(12)6-9(14)10(8)13/h1,5-6H,4,14H2,2H3. The number of hydrogen-bond donors (Lipinski definition) is 1. The molecule has 0 aliphatic heterocycles. The number of anilines is 1. The Bertz CT molecular complexity index is 466. The quantitative estimate of drug-likeness (QED) is 0.607. The number of nitrogens with zero attached hydrogens (tertiary/aromatic N) is 1. The third-order valence-corrected chi connectivity index (χ3v) is 1.97. The van der Waals surface area contributed by atoms with E-state index >= 15 is 0 Å². The number of benzene rings is 1. The predicted molar refractivity (Wildman–Crippen MR) is 56.6 cm³/mol. The summed E-state index contributed by atoms with van der Waals surface area (Å²) in [4.78, 5) is 12.7. The molecule has 0 saturated carbocycles. The number of halogens is 2. The normalized spacial score (nSPS) is 9.62. The summed E-state index contributed by atoms with van der Waals surface area (Å²) in [5.74, 6) is -0.185. The van der Waals surface area contributed by atoms with E-state index in [1.165, 1.54) is 7.05 Å². The van der Waals surface area contributed by atoms with Crippen molar-refractivity contribution in [3.63, 3.8) is 0 Å². The highest BCUT2D eigenvalue weighted by Gasteiger charge is 2.18. The zero-order valence-electron chi connectivity index (χ0n) is 8.63. The smallest absolute Gasteiger partial charge is 0.257 e. The van der Waals surface area contributed by atoms with Gasteiger partial charge in [-0.3, -0.25) is 4.79 Å². The average molecular weight is 224 g/mol. The van der Waals surface area contributed by atoms with Gasteiger partial charge in [0.1, 0.15) is 5.82 Å². The number of nitrogens with two attached hydrogens (primary N) is 1. The van der Waals surface area contributed by atoms with Crippen LogP contribution in [0.25, 0.3) is 0 Å². The van der Waals surface area contributed by atoms with Crippen LogP contribution >= 0.6 is 0 Å². The fourth-order valence-corrected chi connectivity index (χ4v) is 1.18. The summed E-state index contributed by atoms with van der Waals surface area (Å²) in [5, 5.41) is 0. The van der Waals surface area contributed by atoms with Gasteiger partial charge in [0, 0.05) is 7.05 Å². The van der Waals surface area contributed by atoms with E-state index in [1.807, 2.05) is 0 Å². The summed E-state index contributed by atoms with van der Waals surface area (Å²) >= 11 is 0. The van der Waals surface area contributed by atoms with Gasteiger partial charge in [0.15, 0.2) is 5.82 Å². The van der Waals surface area contributed by atoms with Crippen LogP contribution in [-0.4, -0.2) is 24.4 Å². The first kappa shape index (κ1) is 12.0. The molecule has 1 rings (SSSR count). The highest BCUT2D eigenvalue weighted by Crippen LogP contribution is 2.18. The largest absolute Gasteiger partial charge is 0.396 e. The van der Waals surface area contributed by atoms with E-state index in [2.05, 4.69) is 5.92 Å². The molecular formula is C11H10F2N2O. The molecule has 0 atom stereocenters. The molecule has 0 aliphatic carbocycles. The Kier molecular flexibility index (Phi) is 3.46. The summed E-state index contributed by atoms with van der Waals surface area (Å²) in [6.45, 7) is 0.00862. The lowest BCUT2D eigenvalue weighted by molar-refractivity contribution is 0.0807. The molecule has 3 nitrogen and oxygen atoms in total. The fourth-order valence-electron chi connectivity index (χ4n) is 1.18. The summed E-state index contributed by atoms with van der Waals surface area (Å²) in [5.41, 5.74) is 4.38. The van der Waals surface area contributed by atoms with Crippen molar-refractivity contribution in [1.29, 1.82) is 0 Å². The van der Waals surface area contributed by atoms with Crippen molar-refractivity contribution >= 4 is 11.6 Å². The first-order valence-corrected chi connectivity index (χ1v) is 4.40. The highest BCUT2D eigenvalue weighted by molar-refractivity contribution is 5.95. The zero-order chi connectivity index (χ0) is 12.3. The van der Waals surface area contributed by atoms with Crippen molar-refractivity contribution in [2.24, 2.45) is 0 Å². The molecule has 0 heterocycles. The van der Waals surface area contributed by atoms with Gasteiger partial charge in [-0.1, -0.05) is 5.92 Å². The topological polar surface area (TPSA) is 46.3 Å². The van der Waals surface area contributed by atoms with Crippen molar-refractivity contribution in [2.75, 3.05) is 19.3 Å². The highest BCUT2D eigenvalue weighted by atomic mass is 19.1. The number of carbonyl (C=O) groups is 1. The molecule has 1 aromatic carbocycles. The lowest BCUT2D eigenvalue weighted by Crippen LogP contribution is -2.28. The van der Waals surface area contributed by atoms with E-state index in [0.29, 0.717) is 0 Å². The molecule has 5 heteroatoms. The lowest BCUT2D eigenvalue weighted by atomic mass is 10.1. The first-order chi connectivity index (χ1) is 7.47. The third-order valence-electron chi connectivity index (χ3n) is 1.97.